The molecular weight excluding hydrogens is 290 g/mol. The summed E-state index contributed by atoms with van der Waals surface area (Å²) in [5, 5.41) is 2.85. The van der Waals surface area contributed by atoms with E-state index in [9.17, 15) is 4.79 Å². The van der Waals surface area contributed by atoms with Gasteiger partial charge in [-0.25, -0.2) is 0 Å². The number of carbonyl (C=O) groups excluding carboxylic acids is 1. The van der Waals surface area contributed by atoms with Crippen LogP contribution in [-0.4, -0.2) is 31.1 Å². The topological polar surface area (TPSA) is 47.6 Å². The fourth-order valence-electron chi connectivity index (χ4n) is 1.65. The van der Waals surface area contributed by atoms with Crippen molar-refractivity contribution in [3.63, 3.8) is 0 Å². The first-order valence-electron chi connectivity index (χ1n) is 7.36. The monoisotopic (exact) mass is 313 g/mol. The van der Waals surface area contributed by atoms with Gasteiger partial charge >= 0.3 is 0 Å². The van der Waals surface area contributed by atoms with Gasteiger partial charge < -0.3 is 14.8 Å². The summed E-state index contributed by atoms with van der Waals surface area (Å²) in [4.78, 5) is 11.8. The number of amides is 1. The molecule has 1 aromatic rings. The van der Waals surface area contributed by atoms with Gasteiger partial charge in [0, 0.05) is 18.7 Å². The maximum absolute atomic E-state index is 11.8. The Morgan fingerprint density at radius 2 is 2.00 bits per heavy atom. The lowest BCUT2D eigenvalue weighted by Gasteiger charge is -2.10. The van der Waals surface area contributed by atoms with Crippen LogP contribution in [-0.2, 0) is 9.53 Å². The highest BCUT2D eigenvalue weighted by molar-refractivity contribution is 6.18. The van der Waals surface area contributed by atoms with E-state index < -0.39 is 0 Å². The number of rotatable bonds is 10. The van der Waals surface area contributed by atoms with E-state index in [2.05, 4.69) is 12.2 Å². The minimum absolute atomic E-state index is 0.00261. The smallest absolute Gasteiger partial charge is 0.224 e. The Kier molecular flexibility index (Phi) is 8.87. The molecule has 1 aromatic carbocycles. The van der Waals surface area contributed by atoms with E-state index in [4.69, 9.17) is 21.1 Å². The van der Waals surface area contributed by atoms with Crippen LogP contribution in [0, 0.1) is 0 Å². The highest BCUT2D eigenvalue weighted by atomic mass is 35.5. The van der Waals surface area contributed by atoms with Crippen LogP contribution in [0.2, 0.25) is 0 Å². The summed E-state index contributed by atoms with van der Waals surface area (Å²) < 4.78 is 10.9. The Labute approximate surface area is 131 Å². The molecule has 0 aromatic heterocycles. The molecule has 1 unspecified atom stereocenters. The van der Waals surface area contributed by atoms with Crippen LogP contribution in [0.25, 0.3) is 0 Å². The fraction of sp³-hybridized carbons (Fsp3) is 0.562. The molecule has 1 rings (SSSR count). The summed E-state index contributed by atoms with van der Waals surface area (Å²) in [6.45, 7) is 5.21. The quantitative estimate of drug-likeness (QED) is 0.527. The highest BCUT2D eigenvalue weighted by Crippen LogP contribution is 2.16. The van der Waals surface area contributed by atoms with Gasteiger partial charge in [0.2, 0.25) is 5.91 Å². The second kappa shape index (κ2) is 10.5. The standard InChI is InChI=1S/C16H24ClNO3/c1-3-13(2)20-11-4-5-16(19)18-14-6-8-15(9-7-14)21-12-10-17/h6-9,13H,3-5,10-12H2,1-2H3,(H,18,19). The highest BCUT2D eigenvalue weighted by Gasteiger charge is 2.04. The molecule has 21 heavy (non-hydrogen) atoms. The minimum Gasteiger partial charge on any atom is -0.492 e. The van der Waals surface area contributed by atoms with Crippen molar-refractivity contribution in [1.82, 2.24) is 0 Å². The summed E-state index contributed by atoms with van der Waals surface area (Å²) in [5.74, 6) is 1.20. The first-order chi connectivity index (χ1) is 10.2. The molecular formula is C16H24ClNO3. The Morgan fingerprint density at radius 1 is 1.29 bits per heavy atom. The predicted octanol–water partition coefficient (Wildman–Crippen LogP) is 3.84. The van der Waals surface area contributed by atoms with E-state index in [1.807, 2.05) is 31.2 Å². The van der Waals surface area contributed by atoms with Crippen molar-refractivity contribution in [2.24, 2.45) is 0 Å². The molecule has 118 valence electrons. The lowest BCUT2D eigenvalue weighted by Crippen LogP contribution is -2.14. The molecule has 0 saturated carbocycles. The third-order valence-electron chi connectivity index (χ3n) is 3.01. The summed E-state index contributed by atoms with van der Waals surface area (Å²) in [6.07, 6.45) is 2.44. The van der Waals surface area contributed by atoms with Crippen molar-refractivity contribution >= 4 is 23.2 Å². The third kappa shape index (κ3) is 7.93. The maximum Gasteiger partial charge on any atom is 0.224 e. The zero-order valence-electron chi connectivity index (χ0n) is 12.7. The van der Waals surface area contributed by atoms with Crippen LogP contribution < -0.4 is 10.1 Å². The molecule has 0 fully saturated rings. The Morgan fingerprint density at radius 3 is 2.62 bits per heavy atom. The van der Waals surface area contributed by atoms with Crippen LogP contribution >= 0.6 is 11.6 Å². The van der Waals surface area contributed by atoms with Gasteiger partial charge in [0.25, 0.3) is 0 Å². The van der Waals surface area contributed by atoms with E-state index in [1.54, 1.807) is 0 Å². The van der Waals surface area contributed by atoms with Crippen LogP contribution in [0.3, 0.4) is 0 Å². The number of halogens is 1. The van der Waals surface area contributed by atoms with E-state index in [0.29, 0.717) is 25.5 Å². The molecule has 0 aliphatic rings. The van der Waals surface area contributed by atoms with Crippen molar-refractivity contribution in [3.8, 4) is 5.75 Å². The lowest BCUT2D eigenvalue weighted by atomic mass is 10.2. The average Bonchev–Trinajstić information content (AvgIpc) is 2.50. The average molecular weight is 314 g/mol. The van der Waals surface area contributed by atoms with Crippen LogP contribution in [0.15, 0.2) is 24.3 Å². The van der Waals surface area contributed by atoms with E-state index >= 15 is 0 Å². The van der Waals surface area contributed by atoms with Gasteiger partial charge in [-0.2, -0.15) is 0 Å². The number of hydrogen-bond acceptors (Lipinski definition) is 3. The molecule has 0 radical (unpaired) electrons. The van der Waals surface area contributed by atoms with Crippen molar-refractivity contribution in [3.05, 3.63) is 24.3 Å². The molecule has 0 saturated heterocycles. The van der Waals surface area contributed by atoms with Gasteiger partial charge in [-0.1, -0.05) is 6.92 Å². The zero-order chi connectivity index (χ0) is 15.5. The predicted molar refractivity (Wildman–Crippen MR) is 86.2 cm³/mol. The normalized spacial score (nSPS) is 12.0. The van der Waals surface area contributed by atoms with Gasteiger partial charge in [0.15, 0.2) is 0 Å². The van der Waals surface area contributed by atoms with Gasteiger partial charge in [-0.15, -0.1) is 11.6 Å². The molecule has 0 heterocycles. The van der Waals surface area contributed by atoms with E-state index in [0.717, 1.165) is 24.3 Å². The zero-order valence-corrected chi connectivity index (χ0v) is 13.5. The summed E-state index contributed by atoms with van der Waals surface area (Å²) in [6, 6.07) is 7.26. The molecule has 0 aliphatic carbocycles. The van der Waals surface area contributed by atoms with Gasteiger partial charge in [-0.05, 0) is 44.0 Å². The largest absolute Gasteiger partial charge is 0.492 e. The number of alkyl halides is 1. The first-order valence-corrected chi connectivity index (χ1v) is 7.89. The van der Waals surface area contributed by atoms with Crippen molar-refractivity contribution in [1.29, 1.82) is 0 Å². The maximum atomic E-state index is 11.8. The van der Waals surface area contributed by atoms with E-state index in [1.165, 1.54) is 0 Å². The number of hydrogen-bond donors (Lipinski definition) is 1. The van der Waals surface area contributed by atoms with Crippen molar-refractivity contribution in [2.75, 3.05) is 24.4 Å². The molecule has 1 amide bonds. The number of nitrogens with one attached hydrogen (secondary N) is 1. The molecule has 0 bridgehead atoms. The molecule has 0 aliphatic heterocycles. The molecule has 0 spiro atoms. The Balaban J connectivity index is 2.24. The lowest BCUT2D eigenvalue weighted by molar-refractivity contribution is -0.116. The number of benzene rings is 1. The second-order valence-corrected chi connectivity index (χ2v) is 5.18. The van der Waals surface area contributed by atoms with Crippen LogP contribution in [0.1, 0.15) is 33.1 Å². The minimum atomic E-state index is -0.00261. The molecule has 5 heteroatoms. The van der Waals surface area contributed by atoms with Gasteiger partial charge in [-0.3, -0.25) is 4.79 Å². The van der Waals surface area contributed by atoms with Gasteiger partial charge in [0.05, 0.1) is 12.0 Å². The first kappa shape index (κ1) is 17.8. The molecule has 1 atom stereocenters. The Bertz CT molecular complexity index is 408. The SMILES string of the molecule is CCC(C)OCCCC(=O)Nc1ccc(OCCCl)cc1. The summed E-state index contributed by atoms with van der Waals surface area (Å²) >= 11 is 5.55. The summed E-state index contributed by atoms with van der Waals surface area (Å²) in [7, 11) is 0. The van der Waals surface area contributed by atoms with Gasteiger partial charge in [0.1, 0.15) is 12.4 Å². The third-order valence-corrected chi connectivity index (χ3v) is 3.16. The fourth-order valence-corrected chi connectivity index (χ4v) is 1.73. The van der Waals surface area contributed by atoms with Crippen LogP contribution in [0.4, 0.5) is 5.69 Å². The Hall–Kier alpha value is -1.26. The number of carbonyl (C=O) groups is 1. The van der Waals surface area contributed by atoms with Crippen LogP contribution in [0.5, 0.6) is 5.75 Å². The van der Waals surface area contributed by atoms with E-state index in [-0.39, 0.29) is 12.0 Å². The summed E-state index contributed by atoms with van der Waals surface area (Å²) in [5.41, 5.74) is 0.765. The number of anilines is 1. The molecule has 1 N–H and O–H groups in total. The number of ether oxygens (including phenoxy) is 2. The molecule has 4 nitrogen and oxygen atoms in total. The van der Waals surface area contributed by atoms with Crippen molar-refractivity contribution < 1.29 is 14.3 Å². The van der Waals surface area contributed by atoms with Crippen molar-refractivity contribution in [2.45, 2.75) is 39.2 Å². The second-order valence-electron chi connectivity index (χ2n) is 4.80.